The summed E-state index contributed by atoms with van der Waals surface area (Å²) in [6.45, 7) is 3.72. The summed E-state index contributed by atoms with van der Waals surface area (Å²) in [5.41, 5.74) is 2.09. The van der Waals surface area contributed by atoms with Crippen molar-refractivity contribution in [3.8, 4) is 0 Å². The summed E-state index contributed by atoms with van der Waals surface area (Å²) in [5, 5.41) is 0. The quantitative estimate of drug-likeness (QED) is 0.508. The molecule has 0 heterocycles. The molecular formula is C25H24OTi. The Morgan fingerprint density at radius 2 is 0.926 bits per heavy atom. The van der Waals surface area contributed by atoms with Gasteiger partial charge in [-0.3, -0.25) is 6.29 Å². The van der Waals surface area contributed by atoms with E-state index in [1.165, 1.54) is 0 Å². The van der Waals surface area contributed by atoms with Gasteiger partial charge in [0.15, 0.2) is 0 Å². The van der Waals surface area contributed by atoms with Gasteiger partial charge in [0.05, 0.1) is 0 Å². The summed E-state index contributed by atoms with van der Waals surface area (Å²) in [4.78, 5) is 9.85. The third-order valence-corrected chi connectivity index (χ3v) is 3.07. The van der Waals surface area contributed by atoms with Crippen molar-refractivity contribution in [3.63, 3.8) is 0 Å². The minimum absolute atomic E-state index is 0. The van der Waals surface area contributed by atoms with Gasteiger partial charge >= 0.3 is 21.7 Å². The summed E-state index contributed by atoms with van der Waals surface area (Å²) < 4.78 is 0. The predicted octanol–water partition coefficient (Wildman–Crippen LogP) is 5.25. The average molecular weight is 388 g/mol. The third kappa shape index (κ3) is 16.6. The molecule has 0 aromatic heterocycles. The zero-order chi connectivity index (χ0) is 18.7. The maximum absolute atomic E-state index is 9.85. The molecule has 4 rings (SSSR count). The Bertz CT molecular complexity index is 506. The van der Waals surface area contributed by atoms with E-state index in [0.717, 1.165) is 11.1 Å². The first-order chi connectivity index (χ1) is 12.8. The van der Waals surface area contributed by atoms with Gasteiger partial charge < -0.3 is 4.79 Å². The maximum atomic E-state index is 9.85. The van der Waals surface area contributed by atoms with Crippen molar-refractivity contribution in [2.75, 3.05) is 0 Å². The van der Waals surface area contributed by atoms with Gasteiger partial charge in [-0.2, -0.15) is 24.6 Å². The molecule has 0 aliphatic heterocycles. The van der Waals surface area contributed by atoms with Gasteiger partial charge in [0.25, 0.3) is 0 Å². The Kier molecular flexibility index (Phi) is 18.5. The largest absolute Gasteiger partial charge is 2.00 e. The molecule has 0 amide bonds. The molecule has 2 aliphatic rings. The molecule has 2 aromatic rings. The van der Waals surface area contributed by atoms with E-state index in [1.54, 1.807) is 0 Å². The SMILES string of the molecule is O=[C-]Cc1ccccc1.[CH2-]c1ccccc1.[CH]1[CH][CH][CH][CH]1.[CH]1[CH][CH][CH][CH]1.[Ti+2]. The first-order valence-electron chi connectivity index (χ1n) is 8.42. The van der Waals surface area contributed by atoms with Gasteiger partial charge in [-0.05, 0) is 64.2 Å². The number of hydrogen-bond acceptors (Lipinski definition) is 1. The molecule has 2 aliphatic carbocycles. The van der Waals surface area contributed by atoms with E-state index >= 15 is 0 Å². The Labute approximate surface area is 181 Å². The fourth-order valence-electron chi connectivity index (χ4n) is 1.80. The summed E-state index contributed by atoms with van der Waals surface area (Å²) >= 11 is 0. The van der Waals surface area contributed by atoms with Crippen molar-refractivity contribution in [3.05, 3.63) is 143 Å². The van der Waals surface area contributed by atoms with Crippen LogP contribution in [0.1, 0.15) is 11.1 Å². The summed E-state index contributed by atoms with van der Waals surface area (Å²) in [6, 6.07) is 19.4. The van der Waals surface area contributed by atoms with E-state index in [4.69, 9.17) is 0 Å². The smallest absolute Gasteiger partial charge is 0.541 e. The van der Waals surface area contributed by atoms with Gasteiger partial charge in [0.2, 0.25) is 0 Å². The second-order valence-corrected chi connectivity index (χ2v) is 5.22. The van der Waals surface area contributed by atoms with Crippen LogP contribution in [0.2, 0.25) is 0 Å². The fraction of sp³-hybridized carbons (Fsp3) is 0.0400. The number of benzene rings is 2. The molecule has 2 fully saturated rings. The zero-order valence-electron chi connectivity index (χ0n) is 15.4. The fourth-order valence-corrected chi connectivity index (χ4v) is 1.80. The average Bonchev–Trinajstić information content (AvgIpc) is 3.43. The minimum atomic E-state index is 0. The molecule has 1 nitrogen and oxygen atoms in total. The monoisotopic (exact) mass is 388 g/mol. The van der Waals surface area contributed by atoms with Gasteiger partial charge in [-0.15, -0.1) is 18.6 Å². The maximum Gasteiger partial charge on any atom is 2.00 e. The molecule has 2 saturated carbocycles. The van der Waals surface area contributed by atoms with E-state index in [2.05, 4.69) is 6.92 Å². The van der Waals surface area contributed by atoms with Crippen LogP contribution in [-0.2, 0) is 32.9 Å². The van der Waals surface area contributed by atoms with Crippen LogP contribution in [0.15, 0.2) is 60.7 Å². The van der Waals surface area contributed by atoms with Crippen molar-refractivity contribution in [1.82, 2.24) is 0 Å². The molecule has 2 aromatic carbocycles. The molecular weight excluding hydrogens is 364 g/mol. The molecule has 27 heavy (non-hydrogen) atoms. The van der Waals surface area contributed by atoms with Crippen LogP contribution < -0.4 is 0 Å². The molecule has 0 bridgehead atoms. The minimum Gasteiger partial charge on any atom is -0.541 e. The van der Waals surface area contributed by atoms with Crippen LogP contribution in [0.4, 0.5) is 0 Å². The van der Waals surface area contributed by atoms with Gasteiger partial charge in [0.1, 0.15) is 0 Å². The van der Waals surface area contributed by atoms with E-state index in [1.807, 2.05) is 131 Å². The predicted molar refractivity (Wildman–Crippen MR) is 110 cm³/mol. The summed E-state index contributed by atoms with van der Waals surface area (Å²) in [5.74, 6) is 0. The van der Waals surface area contributed by atoms with E-state index in [-0.39, 0.29) is 21.7 Å². The Morgan fingerprint density at radius 1 is 0.593 bits per heavy atom. The Balaban J connectivity index is 0.000000339. The summed E-state index contributed by atoms with van der Waals surface area (Å²) in [6.07, 6.45) is 22.2. The van der Waals surface area contributed by atoms with Crippen molar-refractivity contribution >= 4 is 6.29 Å². The molecule has 0 N–H and O–H groups in total. The van der Waals surface area contributed by atoms with Crippen molar-refractivity contribution in [2.24, 2.45) is 0 Å². The van der Waals surface area contributed by atoms with Gasteiger partial charge in [-0.1, -0.05) is 42.0 Å². The zero-order valence-corrected chi connectivity index (χ0v) is 16.9. The molecule has 0 atom stereocenters. The molecule has 2 heteroatoms. The molecule has 0 spiro atoms. The van der Waals surface area contributed by atoms with Crippen LogP contribution in [0.3, 0.4) is 0 Å². The standard InChI is InChI=1S/C8H7O.C7H7.2C5H5.Ti/c9-7-6-8-4-2-1-3-5-8;1-7-5-3-2-4-6-7;2*1-2-4-5-3-1;/h1-5H,6H2;2-6H,1H2;2*1-5H;/q2*-1;;;+2. The Hall–Kier alpha value is -1.31. The van der Waals surface area contributed by atoms with Gasteiger partial charge in [0, 0.05) is 0 Å². The molecule has 134 valence electrons. The van der Waals surface area contributed by atoms with Crippen LogP contribution in [0, 0.1) is 71.1 Å². The van der Waals surface area contributed by atoms with Crippen LogP contribution >= 0.6 is 0 Å². The number of hydrogen-bond donors (Lipinski definition) is 0. The topological polar surface area (TPSA) is 17.1 Å². The molecule has 0 unspecified atom stereocenters. The van der Waals surface area contributed by atoms with E-state index in [9.17, 15) is 4.79 Å². The first-order valence-corrected chi connectivity index (χ1v) is 8.42. The van der Waals surface area contributed by atoms with Crippen molar-refractivity contribution < 1.29 is 26.5 Å². The molecule has 0 saturated heterocycles. The number of rotatable bonds is 2. The number of carbonyl (C=O) groups excluding carboxylic acids is 1. The third-order valence-electron chi connectivity index (χ3n) is 3.07. The van der Waals surface area contributed by atoms with Crippen LogP contribution in [0.25, 0.3) is 0 Å². The molecule has 10 radical (unpaired) electrons. The van der Waals surface area contributed by atoms with Gasteiger partial charge in [-0.25, -0.2) is 0 Å². The summed E-state index contributed by atoms with van der Waals surface area (Å²) in [7, 11) is 0. The van der Waals surface area contributed by atoms with Crippen LogP contribution in [-0.4, -0.2) is 6.29 Å². The van der Waals surface area contributed by atoms with E-state index in [0.29, 0.717) is 6.42 Å². The van der Waals surface area contributed by atoms with Crippen LogP contribution in [0.5, 0.6) is 0 Å². The first kappa shape index (κ1) is 25.7. The second kappa shape index (κ2) is 19.5. The van der Waals surface area contributed by atoms with E-state index < -0.39 is 0 Å². The Morgan fingerprint density at radius 3 is 1.19 bits per heavy atom. The normalized spacial score (nSPS) is 14.1. The van der Waals surface area contributed by atoms with Crippen molar-refractivity contribution in [2.45, 2.75) is 6.42 Å². The van der Waals surface area contributed by atoms with Crippen molar-refractivity contribution in [1.29, 1.82) is 0 Å². The second-order valence-electron chi connectivity index (χ2n) is 5.22.